The number of benzene rings is 3. The summed E-state index contributed by atoms with van der Waals surface area (Å²) in [4.78, 5) is 25.0. The number of carbonyl (C=O) groups is 2. The van der Waals surface area contributed by atoms with Gasteiger partial charge in [0.25, 0.3) is 0 Å². The molecule has 3 rings (SSSR count). The normalized spacial score (nSPS) is 13.3. The van der Waals surface area contributed by atoms with Gasteiger partial charge in [-0.15, -0.1) is 0 Å². The summed E-state index contributed by atoms with van der Waals surface area (Å²) in [6, 6.07) is 18.8. The summed E-state index contributed by atoms with van der Waals surface area (Å²) in [7, 11) is 0. The molecule has 3 aromatic rings. The van der Waals surface area contributed by atoms with E-state index in [1.165, 1.54) is 0 Å². The van der Waals surface area contributed by atoms with Gasteiger partial charge < -0.3 is 10.2 Å². The van der Waals surface area contributed by atoms with Gasteiger partial charge in [-0.05, 0) is 84.7 Å². The lowest BCUT2D eigenvalue weighted by Gasteiger charge is -2.15. The van der Waals surface area contributed by atoms with E-state index in [1.807, 2.05) is 95.3 Å². The van der Waals surface area contributed by atoms with Gasteiger partial charge in [0.15, 0.2) is 5.78 Å². The van der Waals surface area contributed by atoms with E-state index in [9.17, 15) is 19.8 Å². The third-order valence-corrected chi connectivity index (χ3v) is 7.59. The zero-order chi connectivity index (χ0) is 29.4. The third-order valence-electron chi connectivity index (χ3n) is 7.28. The molecule has 0 spiro atoms. The molecule has 0 aliphatic carbocycles. The SMILES string of the molecule is C/C=C(\C=C(\C(=O)O)C(C)CC)C/C=C(\C(=O)CC)c1cc(-c2ccc(-c3ccccc3O)cc2)c(Cl)cc1C. The van der Waals surface area contributed by atoms with E-state index in [-0.39, 0.29) is 17.5 Å². The van der Waals surface area contributed by atoms with Gasteiger partial charge in [0.05, 0.1) is 0 Å². The molecule has 0 heterocycles. The molecule has 0 amide bonds. The van der Waals surface area contributed by atoms with Gasteiger partial charge >= 0.3 is 5.97 Å². The van der Waals surface area contributed by atoms with Crippen molar-refractivity contribution in [2.45, 2.75) is 53.9 Å². The van der Waals surface area contributed by atoms with Crippen molar-refractivity contribution in [2.75, 3.05) is 0 Å². The lowest BCUT2D eigenvalue weighted by atomic mass is 9.90. The summed E-state index contributed by atoms with van der Waals surface area (Å²) in [5, 5.41) is 20.5. The van der Waals surface area contributed by atoms with Crippen LogP contribution in [0.5, 0.6) is 5.75 Å². The number of hydrogen-bond acceptors (Lipinski definition) is 3. The Balaban J connectivity index is 2.04. The topological polar surface area (TPSA) is 74.6 Å². The molecule has 0 bridgehead atoms. The largest absolute Gasteiger partial charge is 0.507 e. The maximum atomic E-state index is 13.2. The molecule has 1 atom stereocenters. The van der Waals surface area contributed by atoms with Crippen LogP contribution in [0.3, 0.4) is 0 Å². The molecule has 1 unspecified atom stereocenters. The molecule has 3 aromatic carbocycles. The Morgan fingerprint density at radius 2 is 1.60 bits per heavy atom. The van der Waals surface area contributed by atoms with Crippen LogP contribution in [0.1, 0.15) is 58.1 Å². The van der Waals surface area contributed by atoms with Crippen molar-refractivity contribution in [2.24, 2.45) is 5.92 Å². The maximum Gasteiger partial charge on any atom is 0.331 e. The Bertz CT molecular complexity index is 1480. The summed E-state index contributed by atoms with van der Waals surface area (Å²) < 4.78 is 0. The van der Waals surface area contributed by atoms with Gasteiger partial charge in [-0.2, -0.15) is 0 Å². The standard InChI is InChI=1S/C35H37ClO4/c1-6-22(4)30(35(39)40)20-24(7-2)13-18-28(33(37)8-3)29-21-31(32(36)19-23(29)5)26-16-14-25(15-17-26)27-11-9-10-12-34(27)38/h7,9-12,14-22,38H,6,8,13H2,1-5H3,(H,39,40)/b24-7-,28-18-,30-20+. The minimum absolute atomic E-state index is 0.00564. The van der Waals surface area contributed by atoms with Gasteiger partial charge in [0, 0.05) is 33.7 Å². The Morgan fingerprint density at radius 1 is 0.975 bits per heavy atom. The Labute approximate surface area is 242 Å². The molecule has 0 saturated carbocycles. The van der Waals surface area contributed by atoms with E-state index < -0.39 is 5.97 Å². The van der Waals surface area contributed by atoms with E-state index in [1.54, 1.807) is 18.2 Å². The highest BCUT2D eigenvalue weighted by molar-refractivity contribution is 6.33. The first-order chi connectivity index (χ1) is 19.1. The number of carboxylic acid groups (broad SMARTS) is 1. The van der Waals surface area contributed by atoms with Gasteiger partial charge in [0.2, 0.25) is 0 Å². The van der Waals surface area contributed by atoms with Crippen LogP contribution in [0.25, 0.3) is 27.8 Å². The van der Waals surface area contributed by atoms with Crippen molar-refractivity contribution in [3.8, 4) is 28.0 Å². The zero-order valence-corrected chi connectivity index (χ0v) is 24.5. The second kappa shape index (κ2) is 14.0. The van der Waals surface area contributed by atoms with Crippen molar-refractivity contribution < 1.29 is 19.8 Å². The van der Waals surface area contributed by atoms with Crippen LogP contribution >= 0.6 is 11.6 Å². The molecular formula is C35H37ClO4. The summed E-state index contributed by atoms with van der Waals surface area (Å²) in [6.45, 7) is 9.52. The lowest BCUT2D eigenvalue weighted by Crippen LogP contribution is -2.09. The molecule has 0 radical (unpaired) electrons. The van der Waals surface area contributed by atoms with E-state index in [4.69, 9.17) is 11.6 Å². The first-order valence-corrected chi connectivity index (χ1v) is 14.0. The fourth-order valence-electron chi connectivity index (χ4n) is 4.61. The fourth-order valence-corrected chi connectivity index (χ4v) is 4.94. The summed E-state index contributed by atoms with van der Waals surface area (Å²) in [5.41, 5.74) is 6.82. The van der Waals surface area contributed by atoms with Crippen LogP contribution in [0.2, 0.25) is 5.02 Å². The van der Waals surface area contributed by atoms with Crippen LogP contribution in [-0.4, -0.2) is 22.0 Å². The first kappa shape index (κ1) is 30.6. The van der Waals surface area contributed by atoms with Crippen LogP contribution in [-0.2, 0) is 9.59 Å². The molecule has 0 aliphatic rings. The number of Topliss-reactive ketones (excluding diaryl/α,β-unsaturated/α-hetero) is 1. The first-order valence-electron chi connectivity index (χ1n) is 13.6. The average Bonchev–Trinajstić information content (AvgIpc) is 2.95. The Hall–Kier alpha value is -3.89. The number of aryl methyl sites for hydroxylation is 1. The molecule has 208 valence electrons. The summed E-state index contributed by atoms with van der Waals surface area (Å²) >= 11 is 6.70. The second-order valence-corrected chi connectivity index (χ2v) is 10.3. The van der Waals surface area contributed by atoms with E-state index >= 15 is 0 Å². The van der Waals surface area contributed by atoms with E-state index in [2.05, 4.69) is 0 Å². The number of aromatic hydroxyl groups is 1. The molecule has 0 aromatic heterocycles. The molecular weight excluding hydrogens is 520 g/mol. The highest BCUT2D eigenvalue weighted by Gasteiger charge is 2.18. The number of allylic oxidation sites excluding steroid dienone is 5. The number of carboxylic acids is 1. The summed E-state index contributed by atoms with van der Waals surface area (Å²) in [5.74, 6) is -0.777. The molecule has 0 saturated heterocycles. The molecule has 40 heavy (non-hydrogen) atoms. The minimum atomic E-state index is -0.922. The van der Waals surface area contributed by atoms with E-state index in [0.29, 0.717) is 29.0 Å². The second-order valence-electron chi connectivity index (χ2n) is 9.92. The molecule has 0 aliphatic heterocycles. The predicted octanol–water partition coefficient (Wildman–Crippen LogP) is 9.44. The Morgan fingerprint density at radius 3 is 2.15 bits per heavy atom. The maximum absolute atomic E-state index is 13.2. The molecule has 4 nitrogen and oxygen atoms in total. The van der Waals surface area contributed by atoms with Gasteiger partial charge in [-0.1, -0.05) is 87.0 Å². The number of ketones is 1. The number of phenols is 1. The smallest absolute Gasteiger partial charge is 0.331 e. The predicted molar refractivity (Wildman–Crippen MR) is 166 cm³/mol. The number of halogens is 1. The van der Waals surface area contributed by atoms with Gasteiger partial charge in [-0.25, -0.2) is 4.79 Å². The van der Waals surface area contributed by atoms with Gasteiger partial charge in [0.1, 0.15) is 5.75 Å². The number of rotatable bonds is 11. The summed E-state index contributed by atoms with van der Waals surface area (Å²) in [6.07, 6.45) is 7.01. The van der Waals surface area contributed by atoms with Crippen LogP contribution in [0.4, 0.5) is 0 Å². The molecule has 2 N–H and O–H groups in total. The van der Waals surface area contributed by atoms with Crippen molar-refractivity contribution in [3.05, 3.63) is 106 Å². The van der Waals surface area contributed by atoms with Crippen LogP contribution in [0, 0.1) is 12.8 Å². The van der Waals surface area contributed by atoms with Crippen LogP contribution < -0.4 is 0 Å². The Kier molecular flexibility index (Phi) is 10.7. The molecule has 5 heteroatoms. The lowest BCUT2D eigenvalue weighted by molar-refractivity contribution is -0.133. The number of phenolic OH excluding ortho intramolecular Hbond substituents is 1. The number of hydrogen-bond donors (Lipinski definition) is 2. The minimum Gasteiger partial charge on any atom is -0.507 e. The van der Waals surface area contributed by atoms with Gasteiger partial charge in [-0.3, -0.25) is 4.79 Å². The highest BCUT2D eigenvalue weighted by Crippen LogP contribution is 2.36. The van der Waals surface area contributed by atoms with Crippen molar-refractivity contribution in [3.63, 3.8) is 0 Å². The van der Waals surface area contributed by atoms with E-state index in [0.717, 1.165) is 45.4 Å². The monoisotopic (exact) mass is 556 g/mol. The number of para-hydroxylation sites is 1. The van der Waals surface area contributed by atoms with Crippen LogP contribution in [0.15, 0.2) is 90.0 Å². The fraction of sp³-hybridized carbons (Fsp3) is 0.257. The van der Waals surface area contributed by atoms with Crippen molar-refractivity contribution in [1.29, 1.82) is 0 Å². The van der Waals surface area contributed by atoms with Crippen molar-refractivity contribution in [1.82, 2.24) is 0 Å². The third kappa shape index (κ3) is 7.19. The quantitative estimate of drug-likeness (QED) is 0.182. The number of aliphatic carboxylic acids is 1. The zero-order valence-electron chi connectivity index (χ0n) is 23.8. The molecule has 0 fully saturated rings. The highest BCUT2D eigenvalue weighted by atomic mass is 35.5. The average molecular weight is 557 g/mol. The number of carbonyl (C=O) groups excluding carboxylic acids is 1. The van der Waals surface area contributed by atoms with Crippen molar-refractivity contribution >= 4 is 28.9 Å².